The molecule has 1 amide bonds. The third kappa shape index (κ3) is 4.65. The SMILES string of the molecule is CCOC(=O)c1csc(NC(=O)c2ccc(=O)n(Cc3cccc(F)c3)n2)n1. The van der Waals surface area contributed by atoms with Gasteiger partial charge in [0.2, 0.25) is 0 Å². The number of benzene rings is 1. The molecule has 144 valence electrons. The molecular weight excluding hydrogens is 387 g/mol. The van der Waals surface area contributed by atoms with E-state index < -0.39 is 23.3 Å². The number of amides is 1. The maximum atomic E-state index is 13.3. The number of nitrogens with zero attached hydrogens (tertiary/aromatic N) is 3. The second-order valence-electron chi connectivity index (χ2n) is 5.56. The molecule has 0 aliphatic carbocycles. The first-order chi connectivity index (χ1) is 13.5. The number of hydrogen-bond acceptors (Lipinski definition) is 7. The topological polar surface area (TPSA) is 103 Å². The second-order valence-corrected chi connectivity index (χ2v) is 6.41. The molecule has 28 heavy (non-hydrogen) atoms. The van der Waals surface area contributed by atoms with E-state index in [1.165, 1.54) is 35.7 Å². The van der Waals surface area contributed by atoms with E-state index in [0.29, 0.717) is 5.56 Å². The summed E-state index contributed by atoms with van der Waals surface area (Å²) < 4.78 is 19.2. The van der Waals surface area contributed by atoms with Crippen molar-refractivity contribution in [1.82, 2.24) is 14.8 Å². The van der Waals surface area contributed by atoms with Crippen molar-refractivity contribution in [1.29, 1.82) is 0 Å². The molecule has 2 heterocycles. The van der Waals surface area contributed by atoms with Gasteiger partial charge in [0.05, 0.1) is 13.2 Å². The van der Waals surface area contributed by atoms with Crippen molar-refractivity contribution in [3.05, 3.63) is 74.9 Å². The summed E-state index contributed by atoms with van der Waals surface area (Å²) in [5.74, 6) is -1.61. The van der Waals surface area contributed by atoms with E-state index in [0.717, 1.165) is 16.0 Å². The summed E-state index contributed by atoms with van der Waals surface area (Å²) in [5.41, 5.74) is 0.167. The Bertz CT molecular complexity index is 1080. The normalized spacial score (nSPS) is 10.5. The zero-order chi connectivity index (χ0) is 20.1. The van der Waals surface area contributed by atoms with Crippen molar-refractivity contribution >= 4 is 28.3 Å². The first-order valence-electron chi connectivity index (χ1n) is 8.23. The number of rotatable bonds is 6. The molecule has 10 heteroatoms. The highest BCUT2D eigenvalue weighted by molar-refractivity contribution is 7.14. The van der Waals surface area contributed by atoms with Crippen LogP contribution < -0.4 is 10.9 Å². The molecule has 0 unspecified atom stereocenters. The van der Waals surface area contributed by atoms with E-state index in [9.17, 15) is 18.8 Å². The molecule has 0 bridgehead atoms. The van der Waals surface area contributed by atoms with Gasteiger partial charge in [-0.15, -0.1) is 11.3 Å². The van der Waals surface area contributed by atoms with Crippen LogP contribution in [-0.2, 0) is 11.3 Å². The standard InChI is InChI=1S/C18H15FN4O4S/c1-2-27-17(26)14-10-28-18(20-14)21-16(25)13-6-7-15(24)23(22-13)9-11-4-3-5-12(19)8-11/h3-8,10H,2,9H2,1H3,(H,20,21,25). The van der Waals surface area contributed by atoms with Gasteiger partial charge < -0.3 is 4.74 Å². The largest absolute Gasteiger partial charge is 0.461 e. The molecule has 3 rings (SSSR count). The molecule has 0 spiro atoms. The van der Waals surface area contributed by atoms with Gasteiger partial charge in [-0.3, -0.25) is 14.9 Å². The van der Waals surface area contributed by atoms with Crippen LogP contribution in [0.15, 0.2) is 46.6 Å². The van der Waals surface area contributed by atoms with E-state index in [4.69, 9.17) is 4.74 Å². The number of aromatic nitrogens is 3. The monoisotopic (exact) mass is 402 g/mol. The predicted molar refractivity (Wildman–Crippen MR) is 100 cm³/mol. The molecule has 0 saturated heterocycles. The molecule has 0 fully saturated rings. The number of halogens is 1. The van der Waals surface area contributed by atoms with Crippen LogP contribution in [0.1, 0.15) is 33.5 Å². The molecule has 1 aromatic carbocycles. The highest BCUT2D eigenvalue weighted by Crippen LogP contribution is 2.17. The molecule has 0 atom stereocenters. The number of hydrogen-bond donors (Lipinski definition) is 1. The summed E-state index contributed by atoms with van der Waals surface area (Å²) in [4.78, 5) is 40.0. The fraction of sp³-hybridized carbons (Fsp3) is 0.167. The molecule has 2 aromatic heterocycles. The number of esters is 1. The van der Waals surface area contributed by atoms with Crippen LogP contribution in [0.3, 0.4) is 0 Å². The number of nitrogens with one attached hydrogen (secondary N) is 1. The smallest absolute Gasteiger partial charge is 0.357 e. The lowest BCUT2D eigenvalue weighted by Crippen LogP contribution is -2.26. The van der Waals surface area contributed by atoms with Gasteiger partial charge in [0.25, 0.3) is 11.5 Å². The summed E-state index contributed by atoms with van der Waals surface area (Å²) in [6.07, 6.45) is 0. The van der Waals surface area contributed by atoms with Crippen molar-refractivity contribution < 1.29 is 18.7 Å². The third-order valence-electron chi connectivity index (χ3n) is 3.53. The Balaban J connectivity index is 1.75. The summed E-state index contributed by atoms with van der Waals surface area (Å²) in [7, 11) is 0. The number of anilines is 1. The summed E-state index contributed by atoms with van der Waals surface area (Å²) in [6, 6.07) is 8.23. The van der Waals surface area contributed by atoms with Crippen LogP contribution in [0.5, 0.6) is 0 Å². The zero-order valence-electron chi connectivity index (χ0n) is 14.7. The molecule has 1 N–H and O–H groups in total. The Kier molecular flexibility index (Phi) is 5.90. The van der Waals surface area contributed by atoms with E-state index in [2.05, 4.69) is 15.4 Å². The van der Waals surface area contributed by atoms with Gasteiger partial charge in [-0.1, -0.05) is 12.1 Å². The molecule has 8 nitrogen and oxygen atoms in total. The van der Waals surface area contributed by atoms with Gasteiger partial charge in [0.1, 0.15) is 11.5 Å². The number of carbonyl (C=O) groups excluding carboxylic acids is 2. The van der Waals surface area contributed by atoms with Crippen LogP contribution in [0.25, 0.3) is 0 Å². The average Bonchev–Trinajstić information content (AvgIpc) is 3.12. The van der Waals surface area contributed by atoms with Gasteiger partial charge in [-0.05, 0) is 30.7 Å². The average molecular weight is 402 g/mol. The highest BCUT2D eigenvalue weighted by Gasteiger charge is 2.15. The van der Waals surface area contributed by atoms with Crippen molar-refractivity contribution in [2.45, 2.75) is 13.5 Å². The predicted octanol–water partition coefficient (Wildman–Crippen LogP) is 2.32. The van der Waals surface area contributed by atoms with Gasteiger partial charge in [0, 0.05) is 11.4 Å². The molecule has 0 aliphatic heterocycles. The van der Waals surface area contributed by atoms with Crippen molar-refractivity contribution in [3.8, 4) is 0 Å². The molecule has 0 aliphatic rings. The van der Waals surface area contributed by atoms with E-state index in [-0.39, 0.29) is 29.7 Å². The number of ether oxygens (including phenoxy) is 1. The Labute approximate surface area is 162 Å². The lowest BCUT2D eigenvalue weighted by Gasteiger charge is -2.07. The molecule has 0 radical (unpaired) electrons. The van der Waals surface area contributed by atoms with Gasteiger partial charge in [-0.2, -0.15) is 5.10 Å². The Hall–Kier alpha value is -3.40. The fourth-order valence-corrected chi connectivity index (χ4v) is 2.96. The summed E-state index contributed by atoms with van der Waals surface area (Å²) >= 11 is 1.06. The first kappa shape index (κ1) is 19.4. The maximum Gasteiger partial charge on any atom is 0.357 e. The minimum atomic E-state index is -0.599. The second kappa shape index (κ2) is 8.53. The van der Waals surface area contributed by atoms with Crippen molar-refractivity contribution in [2.75, 3.05) is 11.9 Å². The number of thiazole rings is 1. The first-order valence-corrected chi connectivity index (χ1v) is 9.11. The summed E-state index contributed by atoms with van der Waals surface area (Å²) in [5, 5.41) is 8.19. The Morgan fingerprint density at radius 3 is 2.82 bits per heavy atom. The van der Waals surface area contributed by atoms with Crippen LogP contribution in [0.2, 0.25) is 0 Å². The maximum absolute atomic E-state index is 13.3. The van der Waals surface area contributed by atoms with E-state index >= 15 is 0 Å². The number of carbonyl (C=O) groups is 2. The minimum Gasteiger partial charge on any atom is -0.461 e. The van der Waals surface area contributed by atoms with E-state index in [1.807, 2.05) is 0 Å². The quantitative estimate of drug-likeness (QED) is 0.635. The van der Waals surface area contributed by atoms with E-state index in [1.54, 1.807) is 13.0 Å². The van der Waals surface area contributed by atoms with Crippen molar-refractivity contribution in [3.63, 3.8) is 0 Å². The van der Waals surface area contributed by atoms with Crippen LogP contribution in [-0.4, -0.2) is 33.2 Å². The van der Waals surface area contributed by atoms with Crippen molar-refractivity contribution in [2.24, 2.45) is 0 Å². The van der Waals surface area contributed by atoms with Crippen LogP contribution in [0.4, 0.5) is 9.52 Å². The van der Waals surface area contributed by atoms with Gasteiger partial charge in [0.15, 0.2) is 10.8 Å². The highest BCUT2D eigenvalue weighted by atomic mass is 32.1. The lowest BCUT2D eigenvalue weighted by atomic mass is 10.2. The summed E-state index contributed by atoms with van der Waals surface area (Å²) in [6.45, 7) is 1.91. The molecule has 3 aromatic rings. The fourth-order valence-electron chi connectivity index (χ4n) is 2.28. The Morgan fingerprint density at radius 2 is 2.07 bits per heavy atom. The van der Waals surface area contributed by atoms with Crippen LogP contribution >= 0.6 is 11.3 Å². The molecule has 0 saturated carbocycles. The Morgan fingerprint density at radius 1 is 1.25 bits per heavy atom. The van der Waals surface area contributed by atoms with Gasteiger partial charge >= 0.3 is 5.97 Å². The van der Waals surface area contributed by atoms with Crippen LogP contribution in [0, 0.1) is 5.82 Å². The third-order valence-corrected chi connectivity index (χ3v) is 4.29. The minimum absolute atomic E-state index is 0.0158. The lowest BCUT2D eigenvalue weighted by molar-refractivity contribution is 0.0520. The zero-order valence-corrected chi connectivity index (χ0v) is 15.5. The van der Waals surface area contributed by atoms with Gasteiger partial charge in [-0.25, -0.2) is 18.9 Å². The molecular formula is C18H15FN4O4S.